The molecule has 2 unspecified atom stereocenters. The first-order chi connectivity index (χ1) is 22.3. The largest absolute Gasteiger partial charge is 0.369 e. The topological polar surface area (TPSA) is 77.9 Å². The van der Waals surface area contributed by atoms with Gasteiger partial charge in [-0.1, -0.05) is 41.9 Å². The van der Waals surface area contributed by atoms with Gasteiger partial charge in [-0.3, -0.25) is 14.4 Å². The molecule has 4 heterocycles. The Morgan fingerprint density at radius 2 is 1.63 bits per heavy atom. The van der Waals surface area contributed by atoms with Crippen molar-refractivity contribution in [2.45, 2.75) is 25.3 Å². The first-order valence-corrected chi connectivity index (χ1v) is 16.1. The normalized spacial score (nSPS) is 19.0. The molecule has 1 aromatic heterocycles. The number of para-hydroxylation sites is 1. The Morgan fingerprint density at radius 3 is 2.41 bits per heavy atom. The van der Waals surface area contributed by atoms with Crippen molar-refractivity contribution in [1.29, 1.82) is 0 Å². The minimum Gasteiger partial charge on any atom is -0.369 e. The summed E-state index contributed by atoms with van der Waals surface area (Å²) in [5, 5.41) is 3.18. The van der Waals surface area contributed by atoms with E-state index in [-0.39, 0.29) is 40.3 Å². The third kappa shape index (κ3) is 5.99. The number of nitrogens with one attached hydrogen (secondary N) is 1. The fourth-order valence-corrected chi connectivity index (χ4v) is 7.41. The van der Waals surface area contributed by atoms with Gasteiger partial charge in [0.1, 0.15) is 5.82 Å². The number of amides is 2. The molecule has 2 atom stereocenters. The molecule has 3 aromatic carbocycles. The molecule has 1 N–H and O–H groups in total. The maximum atomic E-state index is 14.6. The van der Waals surface area contributed by atoms with E-state index < -0.39 is 11.7 Å². The number of nitrogens with zero attached hydrogens (tertiary/aromatic N) is 4. The van der Waals surface area contributed by atoms with E-state index >= 15 is 0 Å². The number of carbonyl (C=O) groups is 2. The third-order valence-electron chi connectivity index (χ3n) is 9.43. The number of piperidine rings is 1. The lowest BCUT2D eigenvalue weighted by molar-refractivity contribution is -0.115. The molecule has 3 aliphatic rings. The summed E-state index contributed by atoms with van der Waals surface area (Å²) in [6.45, 7) is 4.62. The molecular weight excluding hydrogens is 605 g/mol. The number of rotatable bonds is 6. The maximum absolute atomic E-state index is 14.6. The van der Waals surface area contributed by atoms with Gasteiger partial charge in [0.2, 0.25) is 5.91 Å². The third-order valence-corrected chi connectivity index (χ3v) is 9.78. The Hall–Kier alpha value is -4.63. The molecule has 2 bridgehead atoms. The minimum absolute atomic E-state index is 0.0212. The smallest absolute Gasteiger partial charge is 0.254 e. The Labute approximate surface area is 272 Å². The van der Waals surface area contributed by atoms with E-state index in [1.807, 2.05) is 51.9 Å². The van der Waals surface area contributed by atoms with Crippen molar-refractivity contribution in [3.8, 4) is 0 Å². The summed E-state index contributed by atoms with van der Waals surface area (Å²) < 4.78 is 16.4. The molecule has 4 aromatic rings. The predicted molar refractivity (Wildman–Crippen MR) is 179 cm³/mol. The highest BCUT2D eigenvalue weighted by atomic mass is 35.5. The van der Waals surface area contributed by atoms with E-state index in [4.69, 9.17) is 11.6 Å². The second-order valence-corrected chi connectivity index (χ2v) is 12.8. The molecule has 0 saturated carbocycles. The molecule has 236 valence electrons. The molecule has 3 aliphatic heterocycles. The number of halogens is 2. The van der Waals surface area contributed by atoms with Gasteiger partial charge >= 0.3 is 0 Å². The van der Waals surface area contributed by atoms with Gasteiger partial charge in [0.05, 0.1) is 17.8 Å². The fraction of sp³-hybridized carbons (Fsp3) is 0.306. The molecule has 8 nitrogen and oxygen atoms in total. The number of aromatic nitrogens is 1. The number of hydrogen-bond donors (Lipinski definition) is 1. The van der Waals surface area contributed by atoms with E-state index in [0.717, 1.165) is 36.6 Å². The van der Waals surface area contributed by atoms with Crippen LogP contribution in [0.3, 0.4) is 0 Å². The van der Waals surface area contributed by atoms with Crippen LogP contribution in [0.25, 0.3) is 0 Å². The van der Waals surface area contributed by atoms with Crippen LogP contribution < -0.4 is 20.7 Å². The summed E-state index contributed by atoms with van der Waals surface area (Å²) in [7, 11) is 0. The van der Waals surface area contributed by atoms with Crippen LogP contribution in [-0.4, -0.2) is 60.5 Å². The van der Waals surface area contributed by atoms with Gasteiger partial charge < -0.3 is 24.6 Å². The van der Waals surface area contributed by atoms with Gasteiger partial charge in [-0.05, 0) is 60.9 Å². The fourth-order valence-electron chi connectivity index (χ4n) is 7.18. The molecule has 0 radical (unpaired) electrons. The maximum Gasteiger partial charge on any atom is 0.254 e. The number of carbonyl (C=O) groups excluding carboxylic acids is 2. The molecule has 2 amide bonds. The summed E-state index contributed by atoms with van der Waals surface area (Å²) in [4.78, 5) is 46.1. The van der Waals surface area contributed by atoms with Gasteiger partial charge in [-0.25, -0.2) is 4.39 Å². The summed E-state index contributed by atoms with van der Waals surface area (Å²) in [5.41, 5.74) is 4.07. The van der Waals surface area contributed by atoms with E-state index in [9.17, 15) is 18.8 Å². The highest BCUT2D eigenvalue weighted by molar-refractivity contribution is 6.31. The Balaban J connectivity index is 1.15. The quantitative estimate of drug-likeness (QED) is 0.305. The number of pyridine rings is 1. The zero-order chi connectivity index (χ0) is 31.8. The van der Waals surface area contributed by atoms with Crippen molar-refractivity contribution in [3.05, 3.63) is 123 Å². The van der Waals surface area contributed by atoms with Gasteiger partial charge in [0.25, 0.3) is 11.5 Å². The van der Waals surface area contributed by atoms with E-state index in [0.29, 0.717) is 44.0 Å². The second kappa shape index (κ2) is 12.6. The van der Waals surface area contributed by atoms with E-state index in [1.165, 1.54) is 12.1 Å². The zero-order valence-corrected chi connectivity index (χ0v) is 26.1. The van der Waals surface area contributed by atoms with Crippen LogP contribution in [0.5, 0.6) is 0 Å². The van der Waals surface area contributed by atoms with Crippen molar-refractivity contribution in [3.63, 3.8) is 0 Å². The van der Waals surface area contributed by atoms with Crippen LogP contribution in [0.2, 0.25) is 5.02 Å². The minimum atomic E-state index is -0.542. The van der Waals surface area contributed by atoms with Crippen LogP contribution >= 0.6 is 11.6 Å². The van der Waals surface area contributed by atoms with Crippen LogP contribution in [-0.2, 0) is 17.8 Å². The second-order valence-electron chi connectivity index (χ2n) is 12.4. The first-order valence-electron chi connectivity index (χ1n) is 15.7. The van der Waals surface area contributed by atoms with Crippen molar-refractivity contribution in [2.75, 3.05) is 54.4 Å². The molecule has 0 aliphatic carbocycles. The summed E-state index contributed by atoms with van der Waals surface area (Å²) in [6, 6.07) is 25.4. The predicted octanol–water partition coefficient (Wildman–Crippen LogP) is 5.41. The SMILES string of the molecule is O=C(Cc1c(F)cccc1Cl)Nc1cc(C(=O)N2CCN(c3ccccc3)CC2)ccc1N1CC2CC(C1)c1cccc(=O)n1C2. The Kier molecular flexibility index (Phi) is 8.25. The zero-order valence-electron chi connectivity index (χ0n) is 25.4. The number of anilines is 3. The van der Waals surface area contributed by atoms with Crippen molar-refractivity contribution in [2.24, 2.45) is 5.92 Å². The van der Waals surface area contributed by atoms with Crippen molar-refractivity contribution in [1.82, 2.24) is 9.47 Å². The lowest BCUT2D eigenvalue weighted by Gasteiger charge is -2.44. The molecule has 10 heteroatoms. The van der Waals surface area contributed by atoms with E-state index in [1.54, 1.807) is 18.2 Å². The lowest BCUT2D eigenvalue weighted by atomic mass is 9.83. The standard InChI is InChI=1S/C36H35ClFN5O3/c37-29-8-4-9-30(38)28(29)20-34(44)39-31-19-25(36(46)41-16-14-40(15-17-41)27-6-2-1-3-7-27)12-13-33(31)42-21-24-18-26(23-42)32-10-5-11-35(45)43(32)22-24/h1-13,19,24,26H,14-18,20-23H2,(H,39,44). The van der Waals surface area contributed by atoms with Gasteiger partial charge in [0.15, 0.2) is 0 Å². The van der Waals surface area contributed by atoms with Gasteiger partial charge in [-0.15, -0.1) is 0 Å². The molecule has 2 saturated heterocycles. The lowest BCUT2D eigenvalue weighted by Crippen LogP contribution is -2.49. The summed E-state index contributed by atoms with van der Waals surface area (Å²) in [6.07, 6.45) is 0.741. The summed E-state index contributed by atoms with van der Waals surface area (Å²) in [5.74, 6) is -0.655. The van der Waals surface area contributed by atoms with Crippen LogP contribution in [0.15, 0.2) is 89.7 Å². The highest BCUT2D eigenvalue weighted by Gasteiger charge is 2.35. The van der Waals surface area contributed by atoms with Gasteiger partial charge in [0, 0.05) is 85.3 Å². The van der Waals surface area contributed by atoms with Crippen LogP contribution in [0.4, 0.5) is 21.5 Å². The number of piperazine rings is 1. The summed E-state index contributed by atoms with van der Waals surface area (Å²) >= 11 is 6.23. The van der Waals surface area contributed by atoms with Crippen LogP contribution in [0, 0.1) is 11.7 Å². The Morgan fingerprint density at radius 1 is 0.848 bits per heavy atom. The molecular formula is C36H35ClFN5O3. The Bertz CT molecular complexity index is 1820. The van der Waals surface area contributed by atoms with Crippen molar-refractivity contribution >= 4 is 40.5 Å². The molecule has 46 heavy (non-hydrogen) atoms. The number of benzene rings is 3. The molecule has 7 rings (SSSR count). The number of fused-ring (bicyclic) bond motifs is 4. The number of hydrogen-bond acceptors (Lipinski definition) is 5. The molecule has 2 fully saturated rings. The van der Waals surface area contributed by atoms with E-state index in [2.05, 4.69) is 27.2 Å². The highest BCUT2D eigenvalue weighted by Crippen LogP contribution is 2.39. The average Bonchev–Trinajstić information content (AvgIpc) is 3.07. The van der Waals surface area contributed by atoms with Crippen LogP contribution in [0.1, 0.15) is 34.0 Å². The van der Waals surface area contributed by atoms with Gasteiger partial charge in [-0.2, -0.15) is 0 Å². The van der Waals surface area contributed by atoms with Crippen molar-refractivity contribution < 1.29 is 14.0 Å². The monoisotopic (exact) mass is 639 g/mol. The average molecular weight is 640 g/mol. The first kappa shape index (κ1) is 30.0. The molecule has 0 spiro atoms.